The molecule has 1 atom stereocenters. The Labute approximate surface area is 157 Å². The molecule has 1 amide bonds. The SMILES string of the molecule is COC(=O)c1cc(N2CCOCC2)ccc1NC(=O)CC1CSCCN1. The molecule has 1 aromatic carbocycles. The highest BCUT2D eigenvalue weighted by atomic mass is 32.2. The van der Waals surface area contributed by atoms with Crippen molar-refractivity contribution in [3.8, 4) is 0 Å². The standard InChI is InChI=1S/C18H25N3O4S/c1-24-18(23)15-11-14(21-5-7-25-8-6-21)2-3-16(15)20-17(22)10-13-12-26-9-4-19-13/h2-3,11,13,19H,4-10,12H2,1H3,(H,20,22). The number of anilines is 2. The van der Waals surface area contributed by atoms with Crippen molar-refractivity contribution in [3.05, 3.63) is 23.8 Å². The molecule has 3 rings (SSSR count). The van der Waals surface area contributed by atoms with Gasteiger partial charge in [0.1, 0.15) is 0 Å². The van der Waals surface area contributed by atoms with Gasteiger partial charge in [0.25, 0.3) is 0 Å². The number of nitrogens with zero attached hydrogens (tertiary/aromatic N) is 1. The number of benzene rings is 1. The number of morpholine rings is 1. The normalized spacial score (nSPS) is 20.5. The maximum Gasteiger partial charge on any atom is 0.340 e. The fourth-order valence-corrected chi connectivity index (χ4v) is 4.06. The smallest absolute Gasteiger partial charge is 0.340 e. The van der Waals surface area contributed by atoms with Crippen LogP contribution >= 0.6 is 11.8 Å². The maximum absolute atomic E-state index is 12.4. The van der Waals surface area contributed by atoms with Crippen LogP contribution in [0.15, 0.2) is 18.2 Å². The number of nitrogens with one attached hydrogen (secondary N) is 2. The molecule has 0 saturated carbocycles. The molecule has 2 aliphatic rings. The Morgan fingerprint density at radius 2 is 2.19 bits per heavy atom. The quantitative estimate of drug-likeness (QED) is 0.748. The van der Waals surface area contributed by atoms with Crippen molar-refractivity contribution >= 4 is 35.0 Å². The average molecular weight is 379 g/mol. The summed E-state index contributed by atoms with van der Waals surface area (Å²) in [6.45, 7) is 3.80. The van der Waals surface area contributed by atoms with E-state index in [1.54, 1.807) is 12.1 Å². The Hall–Kier alpha value is -1.77. The number of esters is 1. The summed E-state index contributed by atoms with van der Waals surface area (Å²) in [6.07, 6.45) is 0.388. The van der Waals surface area contributed by atoms with Crippen LogP contribution in [-0.2, 0) is 14.3 Å². The van der Waals surface area contributed by atoms with Crippen molar-refractivity contribution < 1.29 is 19.1 Å². The first-order valence-corrected chi connectivity index (χ1v) is 9.99. The molecule has 0 radical (unpaired) electrons. The minimum Gasteiger partial charge on any atom is -0.465 e. The zero-order valence-corrected chi connectivity index (χ0v) is 15.8. The van der Waals surface area contributed by atoms with Crippen LogP contribution in [0, 0.1) is 0 Å². The summed E-state index contributed by atoms with van der Waals surface area (Å²) in [5, 5.41) is 6.22. The number of thioether (sulfide) groups is 1. The van der Waals surface area contributed by atoms with Crippen LogP contribution in [0.3, 0.4) is 0 Å². The summed E-state index contributed by atoms with van der Waals surface area (Å²) in [6, 6.07) is 5.64. The van der Waals surface area contributed by atoms with E-state index in [9.17, 15) is 9.59 Å². The lowest BCUT2D eigenvalue weighted by atomic mass is 10.1. The molecule has 142 valence electrons. The number of carbonyl (C=O) groups is 2. The number of ether oxygens (including phenoxy) is 2. The molecule has 2 fully saturated rings. The molecular formula is C18H25N3O4S. The van der Waals surface area contributed by atoms with E-state index in [0.29, 0.717) is 30.9 Å². The van der Waals surface area contributed by atoms with Crippen molar-refractivity contribution in [1.82, 2.24) is 5.32 Å². The second-order valence-electron chi connectivity index (χ2n) is 6.30. The van der Waals surface area contributed by atoms with Crippen molar-refractivity contribution in [2.45, 2.75) is 12.5 Å². The Bertz CT molecular complexity index is 643. The first kappa shape index (κ1) is 19.0. The van der Waals surface area contributed by atoms with Gasteiger partial charge in [0, 0.05) is 49.3 Å². The maximum atomic E-state index is 12.4. The molecule has 2 saturated heterocycles. The third-order valence-corrected chi connectivity index (χ3v) is 5.62. The summed E-state index contributed by atoms with van der Waals surface area (Å²) < 4.78 is 10.3. The predicted octanol–water partition coefficient (Wildman–Crippen LogP) is 1.34. The lowest BCUT2D eigenvalue weighted by Gasteiger charge is -2.29. The van der Waals surface area contributed by atoms with Crippen molar-refractivity contribution in [2.75, 3.05) is 61.7 Å². The van der Waals surface area contributed by atoms with E-state index in [2.05, 4.69) is 15.5 Å². The first-order valence-electron chi connectivity index (χ1n) is 8.83. The van der Waals surface area contributed by atoms with E-state index in [1.165, 1.54) is 7.11 Å². The third-order valence-electron chi connectivity index (χ3n) is 4.49. The highest BCUT2D eigenvalue weighted by Gasteiger charge is 2.21. The number of rotatable bonds is 5. The fraction of sp³-hybridized carbons (Fsp3) is 0.556. The van der Waals surface area contributed by atoms with E-state index in [-0.39, 0.29) is 11.9 Å². The Morgan fingerprint density at radius 1 is 1.38 bits per heavy atom. The highest BCUT2D eigenvalue weighted by molar-refractivity contribution is 7.99. The monoisotopic (exact) mass is 379 g/mol. The minimum atomic E-state index is -0.457. The van der Waals surface area contributed by atoms with Crippen LogP contribution in [0.2, 0.25) is 0 Å². The van der Waals surface area contributed by atoms with Gasteiger partial charge in [0.15, 0.2) is 0 Å². The summed E-state index contributed by atoms with van der Waals surface area (Å²) in [5.74, 6) is 1.44. The van der Waals surface area contributed by atoms with Crippen LogP contribution in [0.5, 0.6) is 0 Å². The van der Waals surface area contributed by atoms with Crippen molar-refractivity contribution in [3.63, 3.8) is 0 Å². The van der Waals surface area contributed by atoms with Gasteiger partial charge in [-0.05, 0) is 18.2 Å². The zero-order chi connectivity index (χ0) is 18.4. The third kappa shape index (κ3) is 4.90. The van der Waals surface area contributed by atoms with E-state index in [0.717, 1.165) is 36.8 Å². The number of carbonyl (C=O) groups excluding carboxylic acids is 2. The Morgan fingerprint density at radius 3 is 2.88 bits per heavy atom. The molecule has 26 heavy (non-hydrogen) atoms. The number of methoxy groups -OCH3 is 1. The highest BCUT2D eigenvalue weighted by Crippen LogP contribution is 2.25. The van der Waals surface area contributed by atoms with Gasteiger partial charge >= 0.3 is 5.97 Å². The molecule has 1 unspecified atom stereocenters. The summed E-state index contributed by atoms with van der Waals surface area (Å²) in [4.78, 5) is 26.8. The molecule has 8 heteroatoms. The van der Waals surface area contributed by atoms with Crippen LogP contribution in [0.25, 0.3) is 0 Å². The van der Waals surface area contributed by atoms with E-state index in [1.807, 2.05) is 17.8 Å². The van der Waals surface area contributed by atoms with Crippen LogP contribution < -0.4 is 15.5 Å². The summed E-state index contributed by atoms with van der Waals surface area (Å²) >= 11 is 1.85. The molecule has 0 spiro atoms. The number of hydrogen-bond donors (Lipinski definition) is 2. The van der Waals surface area contributed by atoms with Gasteiger partial charge in [-0.25, -0.2) is 4.79 Å². The van der Waals surface area contributed by atoms with Gasteiger partial charge in [-0.2, -0.15) is 11.8 Å². The summed E-state index contributed by atoms with van der Waals surface area (Å²) in [5.41, 5.74) is 1.79. The number of amides is 1. The average Bonchev–Trinajstić information content (AvgIpc) is 2.69. The number of hydrogen-bond acceptors (Lipinski definition) is 7. The van der Waals surface area contributed by atoms with Crippen LogP contribution in [0.1, 0.15) is 16.8 Å². The first-order chi connectivity index (χ1) is 12.7. The van der Waals surface area contributed by atoms with Gasteiger partial charge in [0.05, 0.1) is 31.6 Å². The second-order valence-corrected chi connectivity index (χ2v) is 7.45. The molecular weight excluding hydrogens is 354 g/mol. The second kappa shape index (κ2) is 9.25. The molecule has 7 nitrogen and oxygen atoms in total. The van der Waals surface area contributed by atoms with Crippen LogP contribution in [-0.4, -0.2) is 69.4 Å². The predicted molar refractivity (Wildman–Crippen MR) is 103 cm³/mol. The lowest BCUT2D eigenvalue weighted by molar-refractivity contribution is -0.116. The van der Waals surface area contributed by atoms with E-state index >= 15 is 0 Å². The van der Waals surface area contributed by atoms with Gasteiger partial charge in [-0.3, -0.25) is 4.79 Å². The van der Waals surface area contributed by atoms with Gasteiger partial charge in [0.2, 0.25) is 5.91 Å². The van der Waals surface area contributed by atoms with Crippen LogP contribution in [0.4, 0.5) is 11.4 Å². The summed E-state index contributed by atoms with van der Waals surface area (Å²) in [7, 11) is 1.35. The lowest BCUT2D eigenvalue weighted by Crippen LogP contribution is -2.40. The van der Waals surface area contributed by atoms with E-state index < -0.39 is 5.97 Å². The van der Waals surface area contributed by atoms with Gasteiger partial charge in [-0.15, -0.1) is 0 Å². The largest absolute Gasteiger partial charge is 0.465 e. The minimum absolute atomic E-state index is 0.103. The fourth-order valence-electron chi connectivity index (χ4n) is 3.11. The molecule has 0 bridgehead atoms. The topological polar surface area (TPSA) is 79.9 Å². The molecule has 2 heterocycles. The van der Waals surface area contributed by atoms with Gasteiger partial charge < -0.3 is 25.0 Å². The molecule has 1 aromatic rings. The zero-order valence-electron chi connectivity index (χ0n) is 15.0. The molecule has 0 aromatic heterocycles. The van der Waals surface area contributed by atoms with Crippen molar-refractivity contribution in [1.29, 1.82) is 0 Å². The Balaban J connectivity index is 1.72. The van der Waals surface area contributed by atoms with Gasteiger partial charge in [-0.1, -0.05) is 0 Å². The molecule has 2 aliphatic heterocycles. The van der Waals surface area contributed by atoms with Crippen molar-refractivity contribution in [2.24, 2.45) is 0 Å². The Kier molecular flexibility index (Phi) is 6.76. The molecule has 2 N–H and O–H groups in total. The molecule has 0 aliphatic carbocycles. The van der Waals surface area contributed by atoms with E-state index in [4.69, 9.17) is 9.47 Å².